The SMILES string of the molecule is O=C1Cc2ccccc2S(=O)(=NC(=O)Nc2c3c(cc4c2CCC4)CCC3)N1. The van der Waals surface area contributed by atoms with E-state index in [0.29, 0.717) is 10.5 Å². The maximum absolute atomic E-state index is 13.3. The monoisotopic (exact) mass is 395 g/mol. The van der Waals surface area contributed by atoms with Gasteiger partial charge in [-0.2, -0.15) is 0 Å². The maximum Gasteiger partial charge on any atom is 0.355 e. The fourth-order valence-corrected chi connectivity index (χ4v) is 6.30. The number of anilines is 1. The zero-order valence-corrected chi connectivity index (χ0v) is 16.2. The number of hydrogen-bond acceptors (Lipinski definition) is 3. The molecule has 2 N–H and O–H groups in total. The van der Waals surface area contributed by atoms with E-state index in [1.54, 1.807) is 24.3 Å². The smallest absolute Gasteiger partial charge is 0.305 e. The van der Waals surface area contributed by atoms with E-state index in [0.717, 1.165) is 44.2 Å². The highest BCUT2D eigenvalue weighted by atomic mass is 32.2. The lowest BCUT2D eigenvalue weighted by molar-refractivity contribution is -0.118. The summed E-state index contributed by atoms with van der Waals surface area (Å²) in [7, 11) is -3.33. The number of fused-ring (bicyclic) bond motifs is 3. The fourth-order valence-electron chi connectivity index (χ4n) is 4.62. The minimum atomic E-state index is -3.33. The molecule has 1 unspecified atom stereocenters. The third-order valence-electron chi connectivity index (χ3n) is 5.79. The Morgan fingerprint density at radius 2 is 1.68 bits per heavy atom. The van der Waals surface area contributed by atoms with Gasteiger partial charge in [0.25, 0.3) is 0 Å². The van der Waals surface area contributed by atoms with Crippen molar-refractivity contribution >= 4 is 27.5 Å². The molecule has 1 aliphatic heterocycles. The molecule has 2 aromatic rings. The lowest BCUT2D eigenvalue weighted by Crippen LogP contribution is -2.37. The van der Waals surface area contributed by atoms with Crippen LogP contribution in [-0.4, -0.2) is 16.1 Å². The first-order valence-electron chi connectivity index (χ1n) is 9.67. The Hall–Kier alpha value is -2.67. The molecule has 0 aromatic heterocycles. The summed E-state index contributed by atoms with van der Waals surface area (Å²) in [5.41, 5.74) is 6.48. The number of urea groups is 1. The van der Waals surface area contributed by atoms with E-state index < -0.39 is 15.9 Å². The number of aryl methyl sites for hydroxylation is 2. The van der Waals surface area contributed by atoms with Crippen LogP contribution in [0.15, 0.2) is 39.6 Å². The molecular weight excluding hydrogens is 374 g/mol. The zero-order chi connectivity index (χ0) is 19.3. The quantitative estimate of drug-likeness (QED) is 0.776. The van der Waals surface area contributed by atoms with Gasteiger partial charge in [-0.15, -0.1) is 4.36 Å². The van der Waals surface area contributed by atoms with Gasteiger partial charge < -0.3 is 5.32 Å². The van der Waals surface area contributed by atoms with Gasteiger partial charge in [0.15, 0.2) is 9.92 Å². The molecule has 7 heteroatoms. The van der Waals surface area contributed by atoms with Crippen molar-refractivity contribution in [1.82, 2.24) is 4.72 Å². The van der Waals surface area contributed by atoms with Gasteiger partial charge in [-0.3, -0.25) is 9.52 Å². The molecule has 1 atom stereocenters. The molecule has 144 valence electrons. The van der Waals surface area contributed by atoms with Crippen molar-refractivity contribution in [3.63, 3.8) is 0 Å². The van der Waals surface area contributed by atoms with Crippen LogP contribution in [0.25, 0.3) is 0 Å². The molecule has 0 saturated heterocycles. The Kier molecular flexibility index (Phi) is 4.01. The van der Waals surface area contributed by atoms with Crippen molar-refractivity contribution in [2.45, 2.75) is 49.8 Å². The lowest BCUT2D eigenvalue weighted by atomic mass is 9.99. The van der Waals surface area contributed by atoms with Crippen LogP contribution >= 0.6 is 0 Å². The molecular formula is C21H21N3O3S. The Balaban J connectivity index is 1.55. The van der Waals surface area contributed by atoms with E-state index in [1.165, 1.54) is 22.3 Å². The molecule has 5 rings (SSSR count). The number of hydrogen-bond donors (Lipinski definition) is 2. The number of carbonyl (C=O) groups excluding carboxylic acids is 2. The van der Waals surface area contributed by atoms with Crippen molar-refractivity contribution in [2.75, 3.05) is 5.32 Å². The molecule has 0 fully saturated rings. The predicted molar refractivity (Wildman–Crippen MR) is 107 cm³/mol. The van der Waals surface area contributed by atoms with Crippen LogP contribution in [0.5, 0.6) is 0 Å². The molecule has 0 radical (unpaired) electrons. The van der Waals surface area contributed by atoms with E-state index in [2.05, 4.69) is 20.5 Å². The minimum absolute atomic E-state index is 0.143. The molecule has 0 bridgehead atoms. The van der Waals surface area contributed by atoms with Crippen LogP contribution in [0.1, 0.15) is 40.7 Å². The summed E-state index contributed by atoms with van der Waals surface area (Å²) in [6.07, 6.45) is 6.24. The molecule has 28 heavy (non-hydrogen) atoms. The molecule has 2 aromatic carbocycles. The van der Waals surface area contributed by atoms with Crippen LogP contribution < -0.4 is 10.0 Å². The average molecular weight is 395 g/mol. The molecule has 6 nitrogen and oxygen atoms in total. The summed E-state index contributed by atoms with van der Waals surface area (Å²) in [6, 6.07) is 8.55. The standard InChI is InChI=1S/C21H21N3O3S/c25-19-12-15-5-1-2-10-18(15)28(27,23-19)24-21(26)22-20-16-8-3-6-13(16)11-14-7-4-9-17(14)20/h1-2,5,10-11H,3-4,6-9,12H2,(H2,22,23,24,25,26,27). The lowest BCUT2D eigenvalue weighted by Gasteiger charge is -2.20. The summed E-state index contributed by atoms with van der Waals surface area (Å²) in [4.78, 5) is 25.2. The van der Waals surface area contributed by atoms with E-state index >= 15 is 0 Å². The van der Waals surface area contributed by atoms with E-state index in [1.807, 2.05) is 0 Å². The van der Waals surface area contributed by atoms with Gasteiger partial charge in [0, 0.05) is 5.69 Å². The highest BCUT2D eigenvalue weighted by molar-refractivity contribution is 7.92. The maximum atomic E-state index is 13.3. The third kappa shape index (κ3) is 2.81. The van der Waals surface area contributed by atoms with Crippen LogP contribution in [0, 0.1) is 0 Å². The van der Waals surface area contributed by atoms with Crippen LogP contribution in [0.3, 0.4) is 0 Å². The van der Waals surface area contributed by atoms with Crippen molar-refractivity contribution in [1.29, 1.82) is 0 Å². The first kappa shape index (κ1) is 17.4. The van der Waals surface area contributed by atoms with Gasteiger partial charge >= 0.3 is 6.03 Å². The van der Waals surface area contributed by atoms with E-state index in [4.69, 9.17) is 0 Å². The molecule has 3 aliphatic rings. The van der Waals surface area contributed by atoms with Gasteiger partial charge in [0.2, 0.25) is 5.91 Å². The summed E-state index contributed by atoms with van der Waals surface area (Å²) in [5.74, 6) is -0.387. The van der Waals surface area contributed by atoms with Crippen molar-refractivity contribution in [3.05, 3.63) is 58.1 Å². The van der Waals surface area contributed by atoms with Crippen LogP contribution in [0.4, 0.5) is 10.5 Å². The number of rotatable bonds is 1. The highest BCUT2D eigenvalue weighted by Gasteiger charge is 2.29. The molecule has 2 aliphatic carbocycles. The second-order valence-electron chi connectivity index (χ2n) is 7.59. The summed E-state index contributed by atoms with van der Waals surface area (Å²) in [5, 5.41) is 2.92. The summed E-state index contributed by atoms with van der Waals surface area (Å²) >= 11 is 0. The Morgan fingerprint density at radius 1 is 1.00 bits per heavy atom. The first-order chi connectivity index (χ1) is 13.5. The van der Waals surface area contributed by atoms with Gasteiger partial charge in [-0.1, -0.05) is 24.3 Å². The molecule has 0 spiro atoms. The molecule has 1 heterocycles. The minimum Gasteiger partial charge on any atom is -0.305 e. The van der Waals surface area contributed by atoms with Gasteiger partial charge in [-0.25, -0.2) is 9.00 Å². The number of carbonyl (C=O) groups is 2. The number of nitrogens with one attached hydrogen (secondary N) is 2. The summed E-state index contributed by atoms with van der Waals surface area (Å²) < 4.78 is 19.7. The van der Waals surface area contributed by atoms with Crippen molar-refractivity contribution in [3.8, 4) is 0 Å². The fraction of sp³-hybridized carbons (Fsp3) is 0.333. The second-order valence-corrected chi connectivity index (χ2v) is 9.47. The Bertz CT molecular complexity index is 1110. The largest absolute Gasteiger partial charge is 0.355 e. The van der Waals surface area contributed by atoms with Gasteiger partial charge in [-0.05, 0) is 72.4 Å². The zero-order valence-electron chi connectivity index (χ0n) is 15.4. The molecule has 3 amide bonds. The highest BCUT2D eigenvalue weighted by Crippen LogP contribution is 2.38. The van der Waals surface area contributed by atoms with Crippen LogP contribution in [-0.2, 0) is 46.8 Å². The second kappa shape index (κ2) is 6.44. The van der Waals surface area contributed by atoms with E-state index in [-0.39, 0.29) is 12.3 Å². The predicted octanol–water partition coefficient (Wildman–Crippen LogP) is 3.31. The van der Waals surface area contributed by atoms with Gasteiger partial charge in [0.1, 0.15) is 0 Å². The Labute approximate surface area is 164 Å². The molecule has 0 saturated carbocycles. The topological polar surface area (TPSA) is 87.6 Å². The first-order valence-corrected chi connectivity index (χ1v) is 11.2. The number of benzene rings is 2. The number of amides is 3. The normalized spacial score (nSPS) is 22.1. The van der Waals surface area contributed by atoms with E-state index in [9.17, 15) is 13.8 Å². The van der Waals surface area contributed by atoms with Crippen molar-refractivity contribution in [2.24, 2.45) is 4.36 Å². The third-order valence-corrected chi connectivity index (χ3v) is 7.71. The van der Waals surface area contributed by atoms with Gasteiger partial charge in [0.05, 0.1) is 11.3 Å². The summed E-state index contributed by atoms with van der Waals surface area (Å²) in [6.45, 7) is 0. The average Bonchev–Trinajstić information content (AvgIpc) is 3.30. The van der Waals surface area contributed by atoms with Crippen molar-refractivity contribution < 1.29 is 13.8 Å². The Morgan fingerprint density at radius 3 is 2.39 bits per heavy atom. The van der Waals surface area contributed by atoms with Crippen LogP contribution in [0.2, 0.25) is 0 Å². The number of nitrogens with zero attached hydrogens (tertiary/aromatic N) is 1.